The number of para-hydroxylation sites is 2. The number of nitrogens with one attached hydrogen (secondary N) is 3. The van der Waals surface area contributed by atoms with Gasteiger partial charge in [-0.15, -0.1) is 0 Å². The SMILES string of the molecule is Cc1nsc(Nc2cnc3ccccc3n2)c1C(=O)Nc1cccc(NC(=O)OC(C)(C)C)c1. The minimum Gasteiger partial charge on any atom is -0.444 e. The van der Waals surface area contributed by atoms with Crippen LogP contribution in [0.15, 0.2) is 54.7 Å². The van der Waals surface area contributed by atoms with Crippen LogP contribution in [0.3, 0.4) is 0 Å². The summed E-state index contributed by atoms with van der Waals surface area (Å²) in [5.41, 5.74) is 2.92. The van der Waals surface area contributed by atoms with Gasteiger partial charge in [0, 0.05) is 11.4 Å². The molecule has 2 aromatic heterocycles. The lowest BCUT2D eigenvalue weighted by molar-refractivity contribution is 0.0636. The molecule has 0 unspecified atom stereocenters. The normalized spacial score (nSPS) is 11.2. The van der Waals surface area contributed by atoms with Gasteiger partial charge in [-0.05, 0) is 69.6 Å². The van der Waals surface area contributed by atoms with Crippen molar-refractivity contribution in [2.75, 3.05) is 16.0 Å². The van der Waals surface area contributed by atoms with E-state index in [1.54, 1.807) is 58.2 Å². The molecule has 4 rings (SSSR count). The molecule has 2 heterocycles. The average molecular weight is 477 g/mol. The van der Waals surface area contributed by atoms with Gasteiger partial charge >= 0.3 is 6.09 Å². The number of carbonyl (C=O) groups excluding carboxylic acids is 2. The van der Waals surface area contributed by atoms with E-state index in [2.05, 4.69) is 30.3 Å². The van der Waals surface area contributed by atoms with Gasteiger partial charge < -0.3 is 15.4 Å². The number of aromatic nitrogens is 3. The molecule has 0 aliphatic rings. The van der Waals surface area contributed by atoms with Crippen molar-refractivity contribution in [1.29, 1.82) is 0 Å². The van der Waals surface area contributed by atoms with Crippen LogP contribution in [0, 0.1) is 6.92 Å². The van der Waals surface area contributed by atoms with Gasteiger partial charge in [-0.2, -0.15) is 4.37 Å². The number of amides is 2. The molecule has 174 valence electrons. The number of rotatable bonds is 5. The smallest absolute Gasteiger partial charge is 0.412 e. The van der Waals surface area contributed by atoms with Crippen LogP contribution >= 0.6 is 11.5 Å². The molecular formula is C24H24N6O3S. The lowest BCUT2D eigenvalue weighted by Crippen LogP contribution is -2.27. The maximum absolute atomic E-state index is 13.1. The van der Waals surface area contributed by atoms with Crippen LogP contribution < -0.4 is 16.0 Å². The summed E-state index contributed by atoms with van der Waals surface area (Å²) >= 11 is 1.17. The molecule has 2 amide bonds. The van der Waals surface area contributed by atoms with Crippen LogP contribution in [-0.2, 0) is 4.74 Å². The molecule has 10 heteroatoms. The second kappa shape index (κ2) is 9.44. The second-order valence-electron chi connectivity index (χ2n) is 8.50. The van der Waals surface area contributed by atoms with E-state index in [4.69, 9.17) is 4.74 Å². The zero-order chi connectivity index (χ0) is 24.3. The number of hydrogen-bond acceptors (Lipinski definition) is 8. The van der Waals surface area contributed by atoms with Gasteiger partial charge in [-0.25, -0.2) is 9.78 Å². The minimum absolute atomic E-state index is 0.336. The summed E-state index contributed by atoms with van der Waals surface area (Å²) in [6.07, 6.45) is 1.04. The van der Waals surface area contributed by atoms with Crippen LogP contribution in [0.1, 0.15) is 36.8 Å². The Morgan fingerprint density at radius 3 is 2.41 bits per heavy atom. The molecule has 0 atom stereocenters. The van der Waals surface area contributed by atoms with Gasteiger partial charge in [0.15, 0.2) is 0 Å². The highest BCUT2D eigenvalue weighted by Crippen LogP contribution is 2.29. The lowest BCUT2D eigenvalue weighted by atomic mass is 10.2. The predicted octanol–water partition coefficient (Wildman–Crippen LogP) is 5.74. The summed E-state index contributed by atoms with van der Waals surface area (Å²) in [7, 11) is 0. The zero-order valence-corrected chi connectivity index (χ0v) is 20.0. The Morgan fingerprint density at radius 2 is 1.68 bits per heavy atom. The number of hydrogen-bond donors (Lipinski definition) is 3. The van der Waals surface area contributed by atoms with Crippen molar-refractivity contribution >= 4 is 56.8 Å². The van der Waals surface area contributed by atoms with E-state index < -0.39 is 11.7 Å². The van der Waals surface area contributed by atoms with Crippen LogP contribution in [0.5, 0.6) is 0 Å². The van der Waals surface area contributed by atoms with E-state index in [1.807, 2.05) is 24.3 Å². The van der Waals surface area contributed by atoms with E-state index >= 15 is 0 Å². The van der Waals surface area contributed by atoms with Crippen LogP contribution in [0.4, 0.5) is 27.0 Å². The summed E-state index contributed by atoms with van der Waals surface area (Å²) in [6.45, 7) is 7.13. The van der Waals surface area contributed by atoms with Crippen molar-refractivity contribution in [3.8, 4) is 0 Å². The Labute approximate surface area is 200 Å². The topological polar surface area (TPSA) is 118 Å². The van der Waals surface area contributed by atoms with Gasteiger partial charge in [0.05, 0.1) is 28.5 Å². The molecule has 0 aliphatic carbocycles. The highest BCUT2D eigenvalue weighted by atomic mass is 32.1. The number of benzene rings is 2. The molecule has 0 aliphatic heterocycles. The lowest BCUT2D eigenvalue weighted by Gasteiger charge is -2.19. The fourth-order valence-electron chi connectivity index (χ4n) is 3.15. The molecule has 0 saturated heterocycles. The molecule has 0 bridgehead atoms. The molecule has 9 nitrogen and oxygen atoms in total. The van der Waals surface area contributed by atoms with Crippen molar-refractivity contribution in [1.82, 2.24) is 14.3 Å². The van der Waals surface area contributed by atoms with Crippen LogP contribution in [0.25, 0.3) is 11.0 Å². The Balaban J connectivity index is 1.50. The minimum atomic E-state index is -0.613. The number of aryl methyl sites for hydroxylation is 1. The summed E-state index contributed by atoms with van der Waals surface area (Å²) in [4.78, 5) is 34.1. The highest BCUT2D eigenvalue weighted by Gasteiger charge is 2.20. The molecule has 4 aromatic rings. The van der Waals surface area contributed by atoms with Crippen molar-refractivity contribution in [3.63, 3.8) is 0 Å². The Hall–Kier alpha value is -4.05. The van der Waals surface area contributed by atoms with Crippen molar-refractivity contribution < 1.29 is 14.3 Å². The zero-order valence-electron chi connectivity index (χ0n) is 19.2. The first kappa shape index (κ1) is 23.1. The Morgan fingerprint density at radius 1 is 0.971 bits per heavy atom. The summed E-state index contributed by atoms with van der Waals surface area (Å²) in [5, 5.41) is 9.25. The van der Waals surface area contributed by atoms with E-state index in [0.717, 1.165) is 11.0 Å². The average Bonchev–Trinajstić information content (AvgIpc) is 3.12. The third kappa shape index (κ3) is 5.65. The molecule has 34 heavy (non-hydrogen) atoms. The molecule has 2 aromatic carbocycles. The van der Waals surface area contributed by atoms with E-state index in [0.29, 0.717) is 33.5 Å². The molecule has 3 N–H and O–H groups in total. The van der Waals surface area contributed by atoms with Crippen molar-refractivity contribution in [2.45, 2.75) is 33.3 Å². The number of carbonyl (C=O) groups is 2. The van der Waals surface area contributed by atoms with E-state index in [9.17, 15) is 9.59 Å². The van der Waals surface area contributed by atoms with Crippen molar-refractivity contribution in [3.05, 3.63) is 66.0 Å². The largest absolute Gasteiger partial charge is 0.444 e. The fraction of sp³-hybridized carbons (Fsp3) is 0.208. The summed E-state index contributed by atoms with van der Waals surface area (Å²) in [6, 6.07) is 14.4. The van der Waals surface area contributed by atoms with Crippen LogP contribution in [0.2, 0.25) is 0 Å². The molecule has 0 saturated carbocycles. The van der Waals surface area contributed by atoms with Gasteiger partial charge in [0.2, 0.25) is 0 Å². The third-order valence-electron chi connectivity index (χ3n) is 4.55. The monoisotopic (exact) mass is 476 g/mol. The molecular weight excluding hydrogens is 452 g/mol. The molecule has 0 spiro atoms. The summed E-state index contributed by atoms with van der Waals surface area (Å²) in [5.74, 6) is 0.178. The maximum atomic E-state index is 13.1. The van der Waals surface area contributed by atoms with Crippen LogP contribution in [-0.4, -0.2) is 31.9 Å². The number of fused-ring (bicyclic) bond motifs is 1. The first-order valence-corrected chi connectivity index (χ1v) is 11.3. The van der Waals surface area contributed by atoms with E-state index in [1.165, 1.54) is 11.5 Å². The number of anilines is 4. The second-order valence-corrected chi connectivity index (χ2v) is 9.28. The fourth-order valence-corrected chi connectivity index (χ4v) is 3.95. The first-order valence-electron chi connectivity index (χ1n) is 10.5. The van der Waals surface area contributed by atoms with Gasteiger partial charge in [0.1, 0.15) is 16.4 Å². The molecule has 0 radical (unpaired) electrons. The first-order chi connectivity index (χ1) is 16.2. The maximum Gasteiger partial charge on any atom is 0.412 e. The molecule has 0 fully saturated rings. The van der Waals surface area contributed by atoms with Gasteiger partial charge in [-0.3, -0.25) is 15.1 Å². The quantitative estimate of drug-likeness (QED) is 0.336. The standard InChI is InChI=1S/C24H24N6O3S/c1-14-20(22(34-30-14)29-19-13-25-17-10-5-6-11-18(17)28-19)21(31)26-15-8-7-9-16(12-15)27-23(32)33-24(2,3)4/h5-13H,1-4H3,(H,26,31)(H,27,32)(H,28,29). The third-order valence-corrected chi connectivity index (χ3v) is 5.40. The van der Waals surface area contributed by atoms with E-state index in [-0.39, 0.29) is 5.91 Å². The number of ether oxygens (including phenoxy) is 1. The van der Waals surface area contributed by atoms with Crippen molar-refractivity contribution in [2.24, 2.45) is 0 Å². The Kier molecular flexibility index (Phi) is 6.42. The Bertz CT molecular complexity index is 1360. The highest BCUT2D eigenvalue weighted by molar-refractivity contribution is 7.10. The van der Waals surface area contributed by atoms with Gasteiger partial charge in [0.25, 0.3) is 5.91 Å². The van der Waals surface area contributed by atoms with Gasteiger partial charge in [-0.1, -0.05) is 18.2 Å². The number of nitrogens with zero attached hydrogens (tertiary/aromatic N) is 3. The summed E-state index contributed by atoms with van der Waals surface area (Å²) < 4.78 is 9.60. The predicted molar refractivity (Wildman–Crippen MR) is 134 cm³/mol.